The number of hydrogen-bond acceptors (Lipinski definition) is 1. The summed E-state index contributed by atoms with van der Waals surface area (Å²) >= 11 is 2.28. The number of allylic oxidation sites excluding steroid dienone is 1. The topological polar surface area (TPSA) is 29.1 Å². The second-order valence-corrected chi connectivity index (χ2v) is 3.62. The molecule has 0 aliphatic heterocycles. The Morgan fingerprint density at radius 1 is 1.64 bits per heavy atom. The quantitative estimate of drug-likeness (QED) is 0.470. The summed E-state index contributed by atoms with van der Waals surface area (Å²) in [6, 6.07) is 0.228. The molecule has 0 spiro atoms. The first-order chi connectivity index (χ1) is 5.16. The van der Waals surface area contributed by atoms with Crippen molar-refractivity contribution in [1.29, 1.82) is 0 Å². The van der Waals surface area contributed by atoms with Crippen LogP contribution in [0.2, 0.25) is 0 Å². The number of rotatable bonds is 4. The van der Waals surface area contributed by atoms with Gasteiger partial charge in [-0.25, -0.2) is 0 Å². The van der Waals surface area contributed by atoms with Crippen LogP contribution >= 0.6 is 22.6 Å². The van der Waals surface area contributed by atoms with Gasteiger partial charge in [0.05, 0.1) is 0 Å². The largest absolute Gasteiger partial charge is 0.350 e. The monoisotopic (exact) mass is 267 g/mol. The molecule has 0 saturated heterocycles. The van der Waals surface area contributed by atoms with Crippen molar-refractivity contribution in [3.05, 3.63) is 12.2 Å². The fourth-order valence-corrected chi connectivity index (χ4v) is 0.946. The maximum Gasteiger partial charge on any atom is 0.243 e. The second-order valence-electron chi connectivity index (χ2n) is 2.54. The zero-order chi connectivity index (χ0) is 8.69. The Morgan fingerprint density at radius 2 is 2.27 bits per heavy atom. The standard InChI is InChI=1S/C8H14INO/c1-7(2)10-8(11)5-3-4-6-9/h3,5,7H,4,6H2,1-2H3,(H,10,11)/b5-3+. The van der Waals surface area contributed by atoms with Crippen LogP contribution in [0.3, 0.4) is 0 Å². The molecule has 0 rings (SSSR count). The minimum Gasteiger partial charge on any atom is -0.350 e. The lowest BCUT2D eigenvalue weighted by Gasteiger charge is -2.03. The minimum atomic E-state index is 0.00449. The van der Waals surface area contributed by atoms with Crippen molar-refractivity contribution in [2.75, 3.05) is 4.43 Å². The van der Waals surface area contributed by atoms with E-state index in [1.165, 1.54) is 0 Å². The Hall–Kier alpha value is -0.0600. The molecule has 64 valence electrons. The molecule has 0 aromatic carbocycles. The molecule has 0 radical (unpaired) electrons. The molecular weight excluding hydrogens is 253 g/mol. The van der Waals surface area contributed by atoms with Crippen LogP contribution in [0.15, 0.2) is 12.2 Å². The van der Waals surface area contributed by atoms with Crippen molar-refractivity contribution >= 4 is 28.5 Å². The molecule has 0 atom stereocenters. The minimum absolute atomic E-state index is 0.00449. The van der Waals surface area contributed by atoms with Crippen LogP contribution in [0.25, 0.3) is 0 Å². The molecule has 2 nitrogen and oxygen atoms in total. The molecule has 0 aliphatic carbocycles. The lowest BCUT2D eigenvalue weighted by molar-refractivity contribution is -0.116. The zero-order valence-electron chi connectivity index (χ0n) is 6.93. The number of halogens is 1. The summed E-state index contributed by atoms with van der Waals surface area (Å²) in [5.74, 6) is 0.00449. The Labute approximate surface area is 81.6 Å². The van der Waals surface area contributed by atoms with Crippen molar-refractivity contribution in [2.24, 2.45) is 0 Å². The van der Waals surface area contributed by atoms with Crippen LogP contribution in [0.5, 0.6) is 0 Å². The molecule has 0 aliphatic rings. The average Bonchev–Trinajstić information content (AvgIpc) is 1.86. The van der Waals surface area contributed by atoms with Gasteiger partial charge >= 0.3 is 0 Å². The lowest BCUT2D eigenvalue weighted by Crippen LogP contribution is -2.28. The van der Waals surface area contributed by atoms with Crippen LogP contribution in [-0.4, -0.2) is 16.4 Å². The first kappa shape index (κ1) is 10.9. The molecule has 1 amide bonds. The third-order valence-electron chi connectivity index (χ3n) is 0.976. The normalized spacial score (nSPS) is 10.9. The zero-order valence-corrected chi connectivity index (χ0v) is 9.09. The van der Waals surface area contributed by atoms with E-state index in [0.717, 1.165) is 10.8 Å². The Balaban J connectivity index is 3.51. The molecule has 0 unspecified atom stereocenters. The lowest BCUT2D eigenvalue weighted by atomic mass is 10.3. The number of carbonyl (C=O) groups is 1. The van der Waals surface area contributed by atoms with E-state index in [1.54, 1.807) is 6.08 Å². The van der Waals surface area contributed by atoms with Crippen LogP contribution in [0.1, 0.15) is 20.3 Å². The van der Waals surface area contributed by atoms with Gasteiger partial charge in [0.15, 0.2) is 0 Å². The number of carbonyl (C=O) groups excluding carboxylic acids is 1. The van der Waals surface area contributed by atoms with Gasteiger partial charge in [0.2, 0.25) is 5.91 Å². The highest BCUT2D eigenvalue weighted by molar-refractivity contribution is 14.1. The molecule has 0 fully saturated rings. The van der Waals surface area contributed by atoms with Crippen molar-refractivity contribution < 1.29 is 4.79 Å². The Bertz CT molecular complexity index is 143. The maximum absolute atomic E-state index is 10.9. The molecule has 0 bridgehead atoms. The van der Waals surface area contributed by atoms with Crippen LogP contribution in [0.4, 0.5) is 0 Å². The summed E-state index contributed by atoms with van der Waals surface area (Å²) in [6.07, 6.45) is 4.45. The van der Waals surface area contributed by atoms with E-state index in [0.29, 0.717) is 0 Å². The van der Waals surface area contributed by atoms with Crippen molar-refractivity contribution in [1.82, 2.24) is 5.32 Å². The van der Waals surface area contributed by atoms with Gasteiger partial charge in [0.25, 0.3) is 0 Å². The van der Waals surface area contributed by atoms with E-state index in [-0.39, 0.29) is 11.9 Å². The highest BCUT2D eigenvalue weighted by Crippen LogP contribution is 1.89. The van der Waals surface area contributed by atoms with Gasteiger partial charge in [0, 0.05) is 10.5 Å². The number of amides is 1. The third kappa shape index (κ3) is 7.84. The summed E-state index contributed by atoms with van der Waals surface area (Å²) in [5.41, 5.74) is 0. The molecule has 0 heterocycles. The second kappa shape index (κ2) is 6.64. The fourth-order valence-electron chi connectivity index (χ4n) is 0.586. The van der Waals surface area contributed by atoms with E-state index in [1.807, 2.05) is 19.9 Å². The molecule has 3 heteroatoms. The van der Waals surface area contributed by atoms with Crippen LogP contribution < -0.4 is 5.32 Å². The number of nitrogens with one attached hydrogen (secondary N) is 1. The fraction of sp³-hybridized carbons (Fsp3) is 0.625. The van der Waals surface area contributed by atoms with Gasteiger partial charge in [-0.2, -0.15) is 0 Å². The SMILES string of the molecule is CC(C)NC(=O)/C=C/CCI. The predicted octanol–water partition coefficient (Wildman–Crippen LogP) is 1.89. The number of alkyl halides is 1. The summed E-state index contributed by atoms with van der Waals surface area (Å²) in [7, 11) is 0. The van der Waals surface area contributed by atoms with Crippen molar-refractivity contribution in [3.63, 3.8) is 0 Å². The highest BCUT2D eigenvalue weighted by Gasteiger charge is 1.95. The van der Waals surface area contributed by atoms with Gasteiger partial charge in [-0.15, -0.1) is 0 Å². The third-order valence-corrected chi connectivity index (χ3v) is 1.60. The Morgan fingerprint density at radius 3 is 2.73 bits per heavy atom. The molecular formula is C8H14INO. The molecule has 0 saturated carbocycles. The van der Waals surface area contributed by atoms with E-state index < -0.39 is 0 Å². The van der Waals surface area contributed by atoms with Gasteiger partial charge in [-0.05, 0) is 26.3 Å². The van der Waals surface area contributed by atoms with Crippen LogP contribution in [-0.2, 0) is 4.79 Å². The first-order valence-corrected chi connectivity index (χ1v) is 5.22. The van der Waals surface area contributed by atoms with E-state index in [2.05, 4.69) is 27.9 Å². The van der Waals surface area contributed by atoms with Gasteiger partial charge < -0.3 is 5.32 Å². The summed E-state index contributed by atoms with van der Waals surface area (Å²) in [5, 5.41) is 2.77. The van der Waals surface area contributed by atoms with Gasteiger partial charge in [-0.1, -0.05) is 28.7 Å². The molecule has 0 aromatic heterocycles. The van der Waals surface area contributed by atoms with E-state index >= 15 is 0 Å². The van der Waals surface area contributed by atoms with Gasteiger partial charge in [0.1, 0.15) is 0 Å². The van der Waals surface area contributed by atoms with Gasteiger partial charge in [-0.3, -0.25) is 4.79 Å². The van der Waals surface area contributed by atoms with Crippen molar-refractivity contribution in [2.45, 2.75) is 26.3 Å². The van der Waals surface area contributed by atoms with E-state index in [4.69, 9.17) is 0 Å². The first-order valence-electron chi connectivity index (χ1n) is 3.70. The Kier molecular flexibility index (Phi) is 6.60. The highest BCUT2D eigenvalue weighted by atomic mass is 127. The smallest absolute Gasteiger partial charge is 0.243 e. The summed E-state index contributed by atoms with van der Waals surface area (Å²) in [4.78, 5) is 10.9. The number of hydrogen-bond donors (Lipinski definition) is 1. The summed E-state index contributed by atoms with van der Waals surface area (Å²) < 4.78 is 1.06. The average molecular weight is 267 g/mol. The molecule has 0 aromatic rings. The molecule has 1 N–H and O–H groups in total. The van der Waals surface area contributed by atoms with Crippen molar-refractivity contribution in [3.8, 4) is 0 Å². The maximum atomic E-state index is 10.9. The summed E-state index contributed by atoms with van der Waals surface area (Å²) in [6.45, 7) is 3.90. The van der Waals surface area contributed by atoms with E-state index in [9.17, 15) is 4.79 Å². The molecule has 11 heavy (non-hydrogen) atoms. The predicted molar refractivity (Wildman–Crippen MR) is 55.9 cm³/mol. The van der Waals surface area contributed by atoms with Crippen LogP contribution in [0, 0.1) is 0 Å².